The van der Waals surface area contributed by atoms with E-state index in [4.69, 9.17) is 0 Å². The van der Waals surface area contributed by atoms with Crippen LogP contribution in [0, 0.1) is 12.8 Å². The Kier molecular flexibility index (Phi) is 8.14. The number of carbonyl (C=O) groups is 2. The first kappa shape index (κ1) is 24.5. The van der Waals surface area contributed by atoms with E-state index < -0.39 is 0 Å². The second kappa shape index (κ2) is 11.6. The van der Waals surface area contributed by atoms with Crippen LogP contribution in [0.5, 0.6) is 0 Å². The molecule has 0 N–H and O–H groups in total. The lowest BCUT2D eigenvalue weighted by atomic mass is 9.84. The molecular weight excluding hydrogens is 436 g/mol. The topological polar surface area (TPSA) is 58.4 Å². The number of carbonyl (C=O) groups excluding carboxylic acids is 2. The number of piperidine rings is 1. The van der Waals surface area contributed by atoms with Gasteiger partial charge in [0.05, 0.1) is 0 Å². The van der Waals surface area contributed by atoms with Crippen LogP contribution in [-0.4, -0.2) is 57.6 Å². The van der Waals surface area contributed by atoms with Crippen molar-refractivity contribution in [3.05, 3.63) is 95.8 Å². The van der Waals surface area contributed by atoms with Gasteiger partial charge in [0.25, 0.3) is 0 Å². The van der Waals surface area contributed by atoms with Crippen molar-refractivity contribution >= 4 is 17.9 Å². The highest BCUT2D eigenvalue weighted by molar-refractivity contribution is 5.91. The molecule has 1 aliphatic rings. The number of hydrogen-bond acceptors (Lipinski definition) is 3. The lowest BCUT2D eigenvalue weighted by Crippen LogP contribution is -2.49. The molecule has 4 rings (SSSR count). The van der Waals surface area contributed by atoms with Crippen LogP contribution >= 0.6 is 0 Å². The SMILES string of the molecule is Cc1ccccc1CC(C1CCN(C(=O)C=Cc2ccccc2)CC1)N(C)C(=O)Cn1cccn1. The van der Waals surface area contributed by atoms with Crippen LogP contribution in [0.1, 0.15) is 29.5 Å². The van der Waals surface area contributed by atoms with E-state index in [0.717, 1.165) is 24.8 Å². The van der Waals surface area contributed by atoms with Crippen molar-refractivity contribution in [1.82, 2.24) is 19.6 Å². The van der Waals surface area contributed by atoms with Crippen molar-refractivity contribution in [3.63, 3.8) is 0 Å². The summed E-state index contributed by atoms with van der Waals surface area (Å²) in [5.41, 5.74) is 3.52. The third-order valence-electron chi connectivity index (χ3n) is 7.05. The first-order chi connectivity index (χ1) is 17.0. The van der Waals surface area contributed by atoms with Crippen LogP contribution in [0.25, 0.3) is 6.08 Å². The minimum Gasteiger partial charge on any atom is -0.341 e. The van der Waals surface area contributed by atoms with Gasteiger partial charge in [-0.25, -0.2) is 0 Å². The summed E-state index contributed by atoms with van der Waals surface area (Å²) in [4.78, 5) is 29.8. The maximum atomic E-state index is 13.2. The summed E-state index contributed by atoms with van der Waals surface area (Å²) in [6.45, 7) is 3.76. The molecule has 1 unspecified atom stereocenters. The van der Waals surface area contributed by atoms with Crippen LogP contribution in [0.4, 0.5) is 0 Å². The monoisotopic (exact) mass is 470 g/mol. The molecule has 182 valence electrons. The molecule has 2 amide bonds. The zero-order valence-electron chi connectivity index (χ0n) is 20.6. The number of rotatable bonds is 8. The van der Waals surface area contributed by atoms with Crippen molar-refractivity contribution in [1.29, 1.82) is 0 Å². The standard InChI is InChI=1S/C29H34N4O2/c1-23-9-6-7-12-26(23)21-27(31(2)29(35)22-33-18-8-17-30-33)25-15-19-32(20-16-25)28(34)14-13-24-10-4-3-5-11-24/h3-14,17-18,25,27H,15-16,19-22H2,1-2H3. The molecule has 1 aromatic heterocycles. The van der Waals surface area contributed by atoms with E-state index in [2.05, 4.69) is 30.2 Å². The Hall–Kier alpha value is -3.67. The van der Waals surface area contributed by atoms with Crippen molar-refractivity contribution in [2.45, 2.75) is 38.8 Å². The van der Waals surface area contributed by atoms with E-state index in [1.54, 1.807) is 17.0 Å². The molecule has 6 nitrogen and oxygen atoms in total. The van der Waals surface area contributed by atoms with Crippen LogP contribution < -0.4 is 0 Å². The van der Waals surface area contributed by atoms with E-state index in [9.17, 15) is 9.59 Å². The number of amides is 2. The molecule has 0 radical (unpaired) electrons. The van der Waals surface area contributed by atoms with E-state index in [1.807, 2.05) is 71.6 Å². The van der Waals surface area contributed by atoms with Gasteiger partial charge in [-0.05, 0) is 60.9 Å². The van der Waals surface area contributed by atoms with Crippen LogP contribution in [-0.2, 0) is 22.6 Å². The Labute approximate surface area is 207 Å². The average Bonchev–Trinajstić information content (AvgIpc) is 3.40. The van der Waals surface area contributed by atoms with E-state index in [1.165, 1.54) is 11.1 Å². The Morgan fingerprint density at radius 3 is 2.46 bits per heavy atom. The highest BCUT2D eigenvalue weighted by atomic mass is 16.2. The summed E-state index contributed by atoms with van der Waals surface area (Å²) >= 11 is 0. The molecular formula is C29H34N4O2. The largest absolute Gasteiger partial charge is 0.341 e. The zero-order chi connectivity index (χ0) is 24.6. The van der Waals surface area contributed by atoms with Gasteiger partial charge in [0.2, 0.25) is 11.8 Å². The Bertz CT molecular complexity index is 1130. The summed E-state index contributed by atoms with van der Waals surface area (Å²) in [5.74, 6) is 0.422. The van der Waals surface area contributed by atoms with Crippen molar-refractivity contribution in [2.75, 3.05) is 20.1 Å². The average molecular weight is 471 g/mol. The molecule has 35 heavy (non-hydrogen) atoms. The molecule has 1 saturated heterocycles. The van der Waals surface area contributed by atoms with Gasteiger partial charge in [-0.3, -0.25) is 14.3 Å². The molecule has 2 heterocycles. The normalized spacial score (nSPS) is 15.3. The van der Waals surface area contributed by atoms with Gasteiger partial charge >= 0.3 is 0 Å². The first-order valence-corrected chi connectivity index (χ1v) is 12.3. The quantitative estimate of drug-likeness (QED) is 0.464. The number of likely N-dealkylation sites (N-methyl/N-ethyl adjacent to an activating group) is 1. The van der Waals surface area contributed by atoms with Gasteiger partial charge in [-0.15, -0.1) is 0 Å². The maximum absolute atomic E-state index is 13.2. The molecule has 6 heteroatoms. The molecule has 0 bridgehead atoms. The fourth-order valence-corrected chi connectivity index (χ4v) is 4.85. The molecule has 0 spiro atoms. The Balaban J connectivity index is 1.43. The third-order valence-corrected chi connectivity index (χ3v) is 7.05. The summed E-state index contributed by atoms with van der Waals surface area (Å²) in [6, 6.07) is 20.2. The second-order valence-corrected chi connectivity index (χ2v) is 9.31. The minimum atomic E-state index is 0.0471. The highest BCUT2D eigenvalue weighted by Gasteiger charge is 2.32. The molecule has 0 saturated carbocycles. The number of nitrogens with zero attached hydrogens (tertiary/aromatic N) is 4. The number of likely N-dealkylation sites (tertiary alicyclic amines) is 1. The molecule has 1 atom stereocenters. The smallest absolute Gasteiger partial charge is 0.246 e. The summed E-state index contributed by atoms with van der Waals surface area (Å²) in [6.07, 6.45) is 9.60. The Morgan fingerprint density at radius 1 is 1.06 bits per heavy atom. The number of benzene rings is 2. The van der Waals surface area contributed by atoms with Gasteiger partial charge in [0, 0.05) is 44.6 Å². The highest BCUT2D eigenvalue weighted by Crippen LogP contribution is 2.28. The summed E-state index contributed by atoms with van der Waals surface area (Å²) in [5, 5.41) is 4.20. The van der Waals surface area contributed by atoms with E-state index in [0.29, 0.717) is 19.0 Å². The third kappa shape index (κ3) is 6.47. The number of aromatic nitrogens is 2. The number of aryl methyl sites for hydroxylation is 1. The predicted octanol–water partition coefficient (Wildman–Crippen LogP) is 4.21. The molecule has 1 aliphatic heterocycles. The van der Waals surface area contributed by atoms with Gasteiger partial charge in [-0.2, -0.15) is 5.10 Å². The van der Waals surface area contributed by atoms with E-state index >= 15 is 0 Å². The van der Waals surface area contributed by atoms with Gasteiger partial charge < -0.3 is 9.80 Å². The summed E-state index contributed by atoms with van der Waals surface area (Å²) in [7, 11) is 1.91. The maximum Gasteiger partial charge on any atom is 0.246 e. The van der Waals surface area contributed by atoms with Crippen molar-refractivity contribution in [2.24, 2.45) is 5.92 Å². The second-order valence-electron chi connectivity index (χ2n) is 9.31. The Morgan fingerprint density at radius 2 is 1.77 bits per heavy atom. The predicted molar refractivity (Wildman–Crippen MR) is 138 cm³/mol. The first-order valence-electron chi connectivity index (χ1n) is 12.3. The van der Waals surface area contributed by atoms with Gasteiger partial charge in [0.1, 0.15) is 6.54 Å². The zero-order valence-corrected chi connectivity index (χ0v) is 20.6. The fourth-order valence-electron chi connectivity index (χ4n) is 4.85. The van der Waals surface area contributed by atoms with Crippen LogP contribution in [0.15, 0.2) is 79.1 Å². The lowest BCUT2D eigenvalue weighted by Gasteiger charge is -2.40. The van der Waals surface area contributed by atoms with Gasteiger partial charge in [-0.1, -0.05) is 54.6 Å². The van der Waals surface area contributed by atoms with Crippen molar-refractivity contribution in [3.8, 4) is 0 Å². The van der Waals surface area contributed by atoms with Crippen LogP contribution in [0.3, 0.4) is 0 Å². The van der Waals surface area contributed by atoms with Crippen molar-refractivity contribution < 1.29 is 9.59 Å². The number of hydrogen-bond donors (Lipinski definition) is 0. The lowest BCUT2D eigenvalue weighted by molar-refractivity contribution is -0.135. The molecule has 3 aromatic rings. The van der Waals surface area contributed by atoms with E-state index in [-0.39, 0.29) is 24.4 Å². The molecule has 2 aromatic carbocycles. The van der Waals surface area contributed by atoms with Crippen LogP contribution in [0.2, 0.25) is 0 Å². The summed E-state index contributed by atoms with van der Waals surface area (Å²) < 4.78 is 1.67. The molecule has 1 fully saturated rings. The fraction of sp³-hybridized carbons (Fsp3) is 0.345. The van der Waals surface area contributed by atoms with Gasteiger partial charge in [0.15, 0.2) is 0 Å². The minimum absolute atomic E-state index is 0.0471. The molecule has 0 aliphatic carbocycles.